The molecule has 1 saturated heterocycles. The Morgan fingerprint density at radius 3 is 2.43 bits per heavy atom. The number of aromatic nitrogens is 1. The van der Waals surface area contributed by atoms with Crippen LogP contribution in [-0.2, 0) is 12.8 Å². The van der Waals surface area contributed by atoms with E-state index < -0.39 is 11.6 Å². The Morgan fingerprint density at radius 2 is 1.89 bits per heavy atom. The molecule has 1 aliphatic heterocycles. The Balaban J connectivity index is 1.55. The molecule has 28 heavy (non-hydrogen) atoms. The molecule has 0 bridgehead atoms. The van der Waals surface area contributed by atoms with Crippen molar-refractivity contribution >= 4 is 28.3 Å². The summed E-state index contributed by atoms with van der Waals surface area (Å²) in [5.74, 6) is -0.838. The minimum Gasteiger partial charge on any atom is -0.377 e. The summed E-state index contributed by atoms with van der Waals surface area (Å²) >= 11 is 1.28. The Hall–Kier alpha value is -2.22. The number of hydrogen-bond donors (Lipinski definition) is 1. The molecular formula is C20H26F2N4OS. The van der Waals surface area contributed by atoms with E-state index in [4.69, 9.17) is 0 Å². The molecule has 1 aromatic heterocycles. The van der Waals surface area contributed by atoms with Gasteiger partial charge in [0.15, 0.2) is 0 Å². The number of anilines is 2. The summed E-state index contributed by atoms with van der Waals surface area (Å²) in [5, 5.41) is 3.63. The number of amides is 2. The highest BCUT2D eigenvalue weighted by atomic mass is 32.1. The van der Waals surface area contributed by atoms with Gasteiger partial charge in [0, 0.05) is 38.4 Å². The van der Waals surface area contributed by atoms with Crippen molar-refractivity contribution in [1.29, 1.82) is 0 Å². The van der Waals surface area contributed by atoms with E-state index in [1.165, 1.54) is 23.7 Å². The molecule has 5 nitrogen and oxygen atoms in total. The molecule has 1 fully saturated rings. The summed E-state index contributed by atoms with van der Waals surface area (Å²) < 4.78 is 33.0. The van der Waals surface area contributed by atoms with Crippen molar-refractivity contribution in [3.63, 3.8) is 0 Å². The maximum absolute atomic E-state index is 14.4. The van der Waals surface area contributed by atoms with Crippen LogP contribution in [0.5, 0.6) is 0 Å². The van der Waals surface area contributed by atoms with Gasteiger partial charge in [0.1, 0.15) is 16.6 Å². The molecule has 1 aliphatic rings. The maximum Gasteiger partial charge on any atom is 0.322 e. The van der Waals surface area contributed by atoms with Crippen LogP contribution in [0.2, 0.25) is 0 Å². The first kappa shape index (κ1) is 20.5. The number of carbonyl (C=O) groups is 1. The first-order valence-corrected chi connectivity index (χ1v) is 10.3. The third-order valence-corrected chi connectivity index (χ3v) is 5.93. The van der Waals surface area contributed by atoms with E-state index in [0.29, 0.717) is 25.2 Å². The molecular weight excluding hydrogens is 382 g/mol. The first-order valence-electron chi connectivity index (χ1n) is 9.54. The number of halogens is 2. The van der Waals surface area contributed by atoms with E-state index in [-0.39, 0.29) is 17.5 Å². The van der Waals surface area contributed by atoms with Gasteiger partial charge >= 0.3 is 6.03 Å². The van der Waals surface area contributed by atoms with Gasteiger partial charge in [0.2, 0.25) is 0 Å². The zero-order valence-corrected chi connectivity index (χ0v) is 17.3. The van der Waals surface area contributed by atoms with E-state index in [2.05, 4.69) is 9.69 Å². The highest BCUT2D eigenvalue weighted by Gasteiger charge is 2.25. The normalized spacial score (nSPS) is 15.0. The number of likely N-dealkylation sites (tertiary alicyclic amines) is 1. The number of benzene rings is 1. The number of hydrogen-bond acceptors (Lipinski definition) is 4. The monoisotopic (exact) mass is 408 g/mol. The molecule has 3 rings (SSSR count). The first-order chi connectivity index (χ1) is 13.4. The Bertz CT molecular complexity index is 808. The number of urea groups is 1. The van der Waals surface area contributed by atoms with Gasteiger partial charge in [-0.25, -0.2) is 13.6 Å². The molecule has 0 unspecified atom stereocenters. The zero-order valence-electron chi connectivity index (χ0n) is 16.5. The van der Waals surface area contributed by atoms with Crippen LogP contribution in [0.15, 0.2) is 18.2 Å². The number of carbonyl (C=O) groups excluding carboxylic acids is 1. The fourth-order valence-electron chi connectivity index (χ4n) is 3.39. The summed E-state index contributed by atoms with van der Waals surface area (Å²) in [6.07, 6.45) is 2.64. The van der Waals surface area contributed by atoms with Gasteiger partial charge in [-0.1, -0.05) is 6.92 Å². The quantitative estimate of drug-likeness (QED) is 0.790. The molecule has 2 aromatic rings. The smallest absolute Gasteiger partial charge is 0.322 e. The molecule has 1 aromatic carbocycles. The summed E-state index contributed by atoms with van der Waals surface area (Å²) in [6.45, 7) is 3.18. The van der Waals surface area contributed by atoms with Crippen molar-refractivity contribution in [3.05, 3.63) is 41.1 Å². The van der Waals surface area contributed by atoms with Crippen LogP contribution in [0.4, 0.5) is 24.3 Å². The van der Waals surface area contributed by atoms with Gasteiger partial charge in [0.25, 0.3) is 0 Å². The van der Waals surface area contributed by atoms with Crippen LogP contribution in [0, 0.1) is 17.6 Å². The van der Waals surface area contributed by atoms with Gasteiger partial charge in [-0.05, 0) is 61.3 Å². The van der Waals surface area contributed by atoms with Crippen molar-refractivity contribution < 1.29 is 13.6 Å². The molecule has 0 saturated carbocycles. The zero-order chi connectivity index (χ0) is 20.3. The van der Waals surface area contributed by atoms with E-state index >= 15 is 0 Å². The van der Waals surface area contributed by atoms with Gasteiger partial charge in [-0.15, -0.1) is 0 Å². The molecule has 8 heteroatoms. The Labute approximate surface area is 168 Å². The average molecular weight is 409 g/mol. The molecule has 2 heterocycles. The number of nitrogens with one attached hydrogen (secondary N) is 1. The lowest BCUT2D eigenvalue weighted by Crippen LogP contribution is -2.41. The van der Waals surface area contributed by atoms with Crippen LogP contribution in [0.3, 0.4) is 0 Å². The second kappa shape index (κ2) is 8.86. The second-order valence-corrected chi connectivity index (χ2v) is 8.19. The van der Waals surface area contributed by atoms with Crippen LogP contribution in [0.25, 0.3) is 0 Å². The third kappa shape index (κ3) is 4.79. The summed E-state index contributed by atoms with van der Waals surface area (Å²) in [7, 11) is 3.51. The molecule has 1 N–H and O–H groups in total. The van der Waals surface area contributed by atoms with E-state index in [0.717, 1.165) is 30.0 Å². The highest BCUT2D eigenvalue weighted by molar-refractivity contribution is 7.10. The summed E-state index contributed by atoms with van der Waals surface area (Å²) in [5.41, 5.74) is 1.62. The fraction of sp³-hybridized carbons (Fsp3) is 0.500. The molecule has 0 atom stereocenters. The van der Waals surface area contributed by atoms with Crippen LogP contribution >= 0.6 is 11.5 Å². The lowest BCUT2D eigenvalue weighted by atomic mass is 9.89. The van der Waals surface area contributed by atoms with Crippen LogP contribution in [0.1, 0.15) is 31.0 Å². The Kier molecular flexibility index (Phi) is 6.49. The van der Waals surface area contributed by atoms with Crippen molar-refractivity contribution in [3.8, 4) is 0 Å². The lowest BCUT2D eigenvalue weighted by Gasteiger charge is -2.32. The van der Waals surface area contributed by atoms with E-state index in [9.17, 15) is 13.6 Å². The molecule has 0 spiro atoms. The minimum absolute atomic E-state index is 0.141. The molecule has 0 radical (unpaired) electrons. The maximum atomic E-state index is 14.4. The second-order valence-electron chi connectivity index (χ2n) is 7.38. The van der Waals surface area contributed by atoms with E-state index in [1.807, 2.05) is 13.0 Å². The van der Waals surface area contributed by atoms with Gasteiger partial charge in [-0.3, -0.25) is 5.32 Å². The number of aryl methyl sites for hydroxylation is 1. The highest BCUT2D eigenvalue weighted by Crippen LogP contribution is 2.28. The van der Waals surface area contributed by atoms with Crippen LogP contribution in [-0.4, -0.2) is 42.5 Å². The predicted molar refractivity (Wildman–Crippen MR) is 109 cm³/mol. The minimum atomic E-state index is -0.499. The fourth-order valence-corrected chi connectivity index (χ4v) is 4.11. The molecule has 152 valence electrons. The largest absolute Gasteiger partial charge is 0.377 e. The molecule has 0 aliphatic carbocycles. The van der Waals surface area contributed by atoms with Crippen molar-refractivity contribution in [1.82, 2.24) is 9.27 Å². The van der Waals surface area contributed by atoms with Crippen molar-refractivity contribution in [2.24, 2.45) is 5.92 Å². The third-order valence-electron chi connectivity index (χ3n) is 5.19. The SMILES string of the molecule is CCc1cc(NC(=O)N2CCC(Cc3c(F)cc(N(C)C)cc3F)CC2)sn1. The predicted octanol–water partition coefficient (Wildman–Crippen LogP) is 4.54. The van der Waals surface area contributed by atoms with Crippen molar-refractivity contribution in [2.45, 2.75) is 32.6 Å². The number of nitrogens with zero attached hydrogens (tertiary/aromatic N) is 3. The summed E-state index contributed by atoms with van der Waals surface area (Å²) in [4.78, 5) is 15.8. The van der Waals surface area contributed by atoms with E-state index in [1.54, 1.807) is 23.9 Å². The number of piperidine rings is 1. The van der Waals surface area contributed by atoms with Gasteiger partial charge in [-0.2, -0.15) is 4.37 Å². The van der Waals surface area contributed by atoms with Crippen LogP contribution < -0.4 is 10.2 Å². The average Bonchev–Trinajstić information content (AvgIpc) is 3.12. The topological polar surface area (TPSA) is 48.5 Å². The van der Waals surface area contributed by atoms with Gasteiger partial charge in [0.05, 0.1) is 5.69 Å². The lowest BCUT2D eigenvalue weighted by molar-refractivity contribution is 0.182. The molecule has 2 amide bonds. The standard InChI is InChI=1S/C20H26F2N4OS/c1-4-14-10-19(28-24-14)23-20(27)26-7-5-13(6-8-26)9-16-17(21)11-15(25(2)3)12-18(16)22/h10-13H,4-9H2,1-3H3,(H,23,27). The summed E-state index contributed by atoms with van der Waals surface area (Å²) in [6, 6.07) is 4.50. The number of rotatable bonds is 5. The van der Waals surface area contributed by atoms with Crippen molar-refractivity contribution in [2.75, 3.05) is 37.4 Å². The Morgan fingerprint density at radius 1 is 1.25 bits per heavy atom. The van der Waals surface area contributed by atoms with Gasteiger partial charge < -0.3 is 9.80 Å².